The quantitative estimate of drug-likeness (QED) is 0.384. The van der Waals surface area contributed by atoms with Crippen molar-refractivity contribution >= 4 is 11.6 Å². The third-order valence-electron chi connectivity index (χ3n) is 1.35. The van der Waals surface area contributed by atoms with E-state index in [-0.39, 0.29) is 0 Å². The molecule has 0 spiro atoms. The second-order valence-electron chi connectivity index (χ2n) is 2.00. The van der Waals surface area contributed by atoms with Gasteiger partial charge in [0.05, 0.1) is 0 Å². The van der Waals surface area contributed by atoms with E-state index in [0.29, 0.717) is 0 Å². The van der Waals surface area contributed by atoms with Crippen molar-refractivity contribution in [3.05, 3.63) is 11.1 Å². The Kier molecular flexibility index (Phi) is 1.38. The lowest BCUT2D eigenvalue weighted by atomic mass is 10.4. The summed E-state index contributed by atoms with van der Waals surface area (Å²) in [6, 6.07) is 0. The van der Waals surface area contributed by atoms with Gasteiger partial charge in [0.25, 0.3) is 0 Å². The largest absolute Gasteiger partial charge is 0.126 e. The van der Waals surface area contributed by atoms with E-state index in [0.717, 1.165) is 12.3 Å². The van der Waals surface area contributed by atoms with Crippen LogP contribution in [0.15, 0.2) is 11.1 Å². The Morgan fingerprint density at radius 1 is 1.71 bits per heavy atom. The van der Waals surface area contributed by atoms with E-state index in [1.807, 2.05) is 0 Å². The predicted octanol–water partition coefficient (Wildman–Crippen LogP) is 2.34. The first-order chi connectivity index (χ1) is 3.34. The van der Waals surface area contributed by atoms with Crippen molar-refractivity contribution in [2.75, 3.05) is 5.88 Å². The van der Waals surface area contributed by atoms with E-state index < -0.39 is 0 Å². The van der Waals surface area contributed by atoms with E-state index in [9.17, 15) is 0 Å². The molecule has 0 aliphatic heterocycles. The second kappa shape index (κ2) is 1.87. The first-order valence-electron chi connectivity index (χ1n) is 2.58. The van der Waals surface area contributed by atoms with Crippen LogP contribution in [0, 0.1) is 0 Å². The molecule has 0 aromatic carbocycles. The number of alkyl halides is 1. The van der Waals surface area contributed by atoms with Crippen molar-refractivity contribution in [1.82, 2.24) is 0 Å². The summed E-state index contributed by atoms with van der Waals surface area (Å²) in [5.41, 5.74) is 3.13. The van der Waals surface area contributed by atoms with Crippen LogP contribution in [0.5, 0.6) is 0 Å². The maximum atomic E-state index is 5.47. The Morgan fingerprint density at radius 2 is 2.29 bits per heavy atom. The molecule has 0 N–H and O–H groups in total. The number of hydrogen-bond acceptors (Lipinski definition) is 0. The van der Waals surface area contributed by atoms with Gasteiger partial charge >= 0.3 is 0 Å². The van der Waals surface area contributed by atoms with Crippen LogP contribution < -0.4 is 0 Å². The lowest BCUT2D eigenvalue weighted by molar-refractivity contribution is 1.16. The highest BCUT2D eigenvalue weighted by Crippen LogP contribution is 2.32. The summed E-state index contributed by atoms with van der Waals surface area (Å²) in [6.45, 7) is 2.17. The molecule has 40 valence electrons. The van der Waals surface area contributed by atoms with Gasteiger partial charge in [0.2, 0.25) is 0 Å². The molecule has 0 unspecified atom stereocenters. The highest BCUT2D eigenvalue weighted by molar-refractivity contribution is 6.18. The van der Waals surface area contributed by atoms with Crippen LogP contribution in [0.25, 0.3) is 0 Å². The highest BCUT2D eigenvalue weighted by Gasteiger charge is 2.13. The summed E-state index contributed by atoms with van der Waals surface area (Å²) in [7, 11) is 0. The standard InChI is InChI=1S/C6H9Cl/c1-5-4-6(5)2-3-7/h2-4H2,1H3. The van der Waals surface area contributed by atoms with E-state index in [4.69, 9.17) is 11.6 Å². The molecule has 0 atom stereocenters. The Labute approximate surface area is 49.2 Å². The molecule has 0 aromatic rings. The van der Waals surface area contributed by atoms with Gasteiger partial charge < -0.3 is 0 Å². The maximum absolute atomic E-state index is 5.47. The lowest BCUT2D eigenvalue weighted by Gasteiger charge is -1.77. The molecule has 0 fully saturated rings. The molecule has 1 heteroatoms. The molecular formula is C6H9Cl. The second-order valence-corrected chi connectivity index (χ2v) is 2.38. The number of allylic oxidation sites excluding steroid dienone is 2. The van der Waals surface area contributed by atoms with Crippen molar-refractivity contribution < 1.29 is 0 Å². The Balaban J connectivity index is 2.19. The molecular weight excluding hydrogens is 108 g/mol. The topological polar surface area (TPSA) is 0 Å². The highest BCUT2D eigenvalue weighted by atomic mass is 35.5. The summed E-state index contributed by atoms with van der Waals surface area (Å²) in [5.74, 6) is 0.798. The van der Waals surface area contributed by atoms with Crippen LogP contribution in [0.1, 0.15) is 19.8 Å². The molecule has 0 bridgehead atoms. The first-order valence-corrected chi connectivity index (χ1v) is 3.11. The molecule has 0 saturated heterocycles. The van der Waals surface area contributed by atoms with Gasteiger partial charge in [-0.25, -0.2) is 0 Å². The van der Waals surface area contributed by atoms with Crippen LogP contribution in [0.2, 0.25) is 0 Å². The van der Waals surface area contributed by atoms with Gasteiger partial charge in [-0.1, -0.05) is 11.1 Å². The summed E-state index contributed by atoms with van der Waals surface area (Å²) in [5, 5.41) is 0. The third kappa shape index (κ3) is 1.20. The zero-order valence-corrected chi connectivity index (χ0v) is 5.26. The SMILES string of the molecule is CC1=C(CCCl)C1. The lowest BCUT2D eigenvalue weighted by Crippen LogP contribution is -1.65. The van der Waals surface area contributed by atoms with Crippen LogP contribution in [0.3, 0.4) is 0 Å². The summed E-state index contributed by atoms with van der Waals surface area (Å²) < 4.78 is 0. The molecule has 1 aliphatic carbocycles. The molecule has 0 saturated carbocycles. The average molecular weight is 117 g/mol. The molecule has 0 radical (unpaired) electrons. The Morgan fingerprint density at radius 3 is 2.43 bits per heavy atom. The third-order valence-corrected chi connectivity index (χ3v) is 1.54. The minimum Gasteiger partial charge on any atom is -0.126 e. The molecule has 7 heavy (non-hydrogen) atoms. The fourth-order valence-electron chi connectivity index (χ4n) is 0.692. The van der Waals surface area contributed by atoms with Gasteiger partial charge in [0, 0.05) is 5.88 Å². The van der Waals surface area contributed by atoms with Crippen LogP contribution >= 0.6 is 11.6 Å². The van der Waals surface area contributed by atoms with Gasteiger partial charge in [-0.3, -0.25) is 0 Å². The number of rotatable bonds is 2. The van der Waals surface area contributed by atoms with Crippen molar-refractivity contribution in [2.24, 2.45) is 0 Å². The smallest absolute Gasteiger partial charge is 0.0260 e. The average Bonchev–Trinajstić information content (AvgIpc) is 2.22. The molecule has 0 nitrogen and oxygen atoms in total. The van der Waals surface area contributed by atoms with Gasteiger partial charge in [0.1, 0.15) is 0 Å². The Hall–Kier alpha value is 0.0300. The van der Waals surface area contributed by atoms with Crippen LogP contribution in [-0.4, -0.2) is 5.88 Å². The molecule has 0 aromatic heterocycles. The monoisotopic (exact) mass is 116 g/mol. The first kappa shape index (κ1) is 5.17. The molecule has 0 amide bonds. The van der Waals surface area contributed by atoms with E-state index >= 15 is 0 Å². The van der Waals surface area contributed by atoms with E-state index in [1.54, 1.807) is 11.1 Å². The predicted molar refractivity (Wildman–Crippen MR) is 32.7 cm³/mol. The van der Waals surface area contributed by atoms with Crippen LogP contribution in [-0.2, 0) is 0 Å². The minimum absolute atomic E-state index is 0.798. The summed E-state index contributed by atoms with van der Waals surface area (Å²) in [4.78, 5) is 0. The van der Waals surface area contributed by atoms with Gasteiger partial charge in [-0.15, -0.1) is 11.6 Å². The summed E-state index contributed by atoms with van der Waals surface area (Å²) in [6.07, 6.45) is 2.38. The van der Waals surface area contributed by atoms with Crippen molar-refractivity contribution in [2.45, 2.75) is 19.8 Å². The van der Waals surface area contributed by atoms with Crippen molar-refractivity contribution in [1.29, 1.82) is 0 Å². The van der Waals surface area contributed by atoms with Gasteiger partial charge in [-0.05, 0) is 19.8 Å². The summed E-state index contributed by atoms with van der Waals surface area (Å²) >= 11 is 5.47. The maximum Gasteiger partial charge on any atom is 0.0260 e. The normalized spacial score (nSPS) is 18.0. The molecule has 1 aliphatic rings. The van der Waals surface area contributed by atoms with Gasteiger partial charge in [-0.2, -0.15) is 0 Å². The minimum atomic E-state index is 0.798. The Bertz CT molecular complexity index is 103. The van der Waals surface area contributed by atoms with E-state index in [1.165, 1.54) is 6.42 Å². The van der Waals surface area contributed by atoms with Crippen molar-refractivity contribution in [3.8, 4) is 0 Å². The van der Waals surface area contributed by atoms with E-state index in [2.05, 4.69) is 6.92 Å². The number of halogens is 1. The zero-order chi connectivity index (χ0) is 5.28. The van der Waals surface area contributed by atoms with Crippen molar-refractivity contribution in [3.63, 3.8) is 0 Å². The number of hydrogen-bond donors (Lipinski definition) is 0. The fourth-order valence-corrected chi connectivity index (χ4v) is 0.920. The molecule has 1 rings (SSSR count). The zero-order valence-electron chi connectivity index (χ0n) is 4.50. The van der Waals surface area contributed by atoms with Crippen LogP contribution in [0.4, 0.5) is 0 Å². The van der Waals surface area contributed by atoms with Gasteiger partial charge in [0.15, 0.2) is 0 Å². The molecule has 0 heterocycles. The fraction of sp³-hybridized carbons (Fsp3) is 0.667.